The number of nitrogens with one attached hydrogen (secondary N) is 1. The van der Waals surface area contributed by atoms with Gasteiger partial charge in [0.2, 0.25) is 5.88 Å². The van der Waals surface area contributed by atoms with Gasteiger partial charge in [-0.15, -0.1) is 0 Å². The van der Waals surface area contributed by atoms with Crippen LogP contribution < -0.4 is 23.7 Å². The van der Waals surface area contributed by atoms with Crippen LogP contribution in [0.3, 0.4) is 0 Å². The van der Waals surface area contributed by atoms with Gasteiger partial charge in [0, 0.05) is 31.3 Å². The molecule has 1 aliphatic heterocycles. The van der Waals surface area contributed by atoms with Crippen molar-refractivity contribution in [3.8, 4) is 28.9 Å². The Kier molecular flexibility index (Phi) is 7.88. The second kappa shape index (κ2) is 11.0. The highest BCUT2D eigenvalue weighted by molar-refractivity contribution is 7.92. The van der Waals surface area contributed by atoms with E-state index in [0.717, 1.165) is 24.4 Å². The summed E-state index contributed by atoms with van der Waals surface area (Å²) < 4.78 is 90.4. The number of hydrogen-bond donors (Lipinski definition) is 1. The minimum Gasteiger partial charge on any atom is -0.493 e. The van der Waals surface area contributed by atoms with Gasteiger partial charge in [-0.3, -0.25) is 4.72 Å². The Morgan fingerprint density at radius 2 is 1.76 bits per heavy atom. The molecule has 0 saturated carbocycles. The van der Waals surface area contributed by atoms with Crippen LogP contribution >= 0.6 is 0 Å². The van der Waals surface area contributed by atoms with Crippen molar-refractivity contribution in [2.24, 2.45) is 0 Å². The van der Waals surface area contributed by atoms with E-state index in [9.17, 15) is 21.6 Å². The van der Waals surface area contributed by atoms with Gasteiger partial charge < -0.3 is 23.8 Å². The highest BCUT2D eigenvalue weighted by Crippen LogP contribution is 2.39. The van der Waals surface area contributed by atoms with Crippen molar-refractivity contribution in [3.05, 3.63) is 60.3 Å². The number of methoxy groups -OCH3 is 2. The normalized spacial score (nSPS) is 16.2. The maximum Gasteiger partial charge on any atom is 0.419 e. The van der Waals surface area contributed by atoms with E-state index >= 15 is 0 Å². The van der Waals surface area contributed by atoms with E-state index in [-0.39, 0.29) is 16.5 Å². The minimum atomic E-state index is -4.66. The average molecular weight is 554 g/mol. The average Bonchev–Trinajstić information content (AvgIpc) is 3.27. The van der Waals surface area contributed by atoms with E-state index in [0.29, 0.717) is 36.8 Å². The van der Waals surface area contributed by atoms with Crippen LogP contribution in [0.5, 0.6) is 28.9 Å². The number of halogens is 3. The molecule has 0 radical (unpaired) electrons. The fourth-order valence-electron chi connectivity index (χ4n) is 3.89. The van der Waals surface area contributed by atoms with Crippen molar-refractivity contribution in [3.63, 3.8) is 0 Å². The van der Waals surface area contributed by atoms with Crippen molar-refractivity contribution >= 4 is 15.7 Å². The van der Waals surface area contributed by atoms with E-state index in [1.54, 1.807) is 18.2 Å². The van der Waals surface area contributed by atoms with Gasteiger partial charge in [0.15, 0.2) is 11.5 Å². The molecule has 4 rings (SSSR count). The smallest absolute Gasteiger partial charge is 0.419 e. The molecule has 1 fully saturated rings. The molecule has 1 aromatic heterocycles. The summed E-state index contributed by atoms with van der Waals surface area (Å²) in [5.41, 5.74) is -1.06. The number of anilines is 1. The lowest BCUT2D eigenvalue weighted by Gasteiger charge is -2.19. The van der Waals surface area contributed by atoms with Gasteiger partial charge in [-0.2, -0.15) is 13.2 Å². The van der Waals surface area contributed by atoms with Crippen LogP contribution in [0.2, 0.25) is 0 Å². The van der Waals surface area contributed by atoms with Crippen LogP contribution in [0, 0.1) is 0 Å². The van der Waals surface area contributed by atoms with E-state index in [1.807, 2.05) is 11.9 Å². The molecule has 0 spiro atoms. The van der Waals surface area contributed by atoms with E-state index < -0.39 is 33.6 Å². The van der Waals surface area contributed by atoms with Gasteiger partial charge in [0.1, 0.15) is 22.5 Å². The van der Waals surface area contributed by atoms with Crippen LogP contribution in [0.25, 0.3) is 0 Å². The molecule has 0 bridgehead atoms. The third kappa shape index (κ3) is 6.40. The van der Waals surface area contributed by atoms with Crippen molar-refractivity contribution in [2.45, 2.75) is 23.6 Å². The molecule has 2 aromatic carbocycles. The molecule has 13 heteroatoms. The summed E-state index contributed by atoms with van der Waals surface area (Å²) in [6.07, 6.45) is -3.46. The number of benzene rings is 2. The molecule has 204 valence electrons. The van der Waals surface area contributed by atoms with Gasteiger partial charge >= 0.3 is 6.18 Å². The SMILES string of the molecule is COc1ccc(Oc2ccc(S(=O)(=O)Nc3ccc(C(F)(F)F)c(O[C@@H]4CCN(C)C4)c3)cn2)cc1OC. The highest BCUT2D eigenvalue weighted by Gasteiger charge is 2.36. The number of aromatic nitrogens is 1. The van der Waals surface area contributed by atoms with E-state index in [4.69, 9.17) is 18.9 Å². The lowest BCUT2D eigenvalue weighted by atomic mass is 10.1. The van der Waals surface area contributed by atoms with Crippen LogP contribution in [-0.2, 0) is 16.2 Å². The lowest BCUT2D eigenvalue weighted by Crippen LogP contribution is -2.23. The molecule has 0 amide bonds. The van der Waals surface area contributed by atoms with E-state index in [2.05, 4.69) is 9.71 Å². The summed E-state index contributed by atoms with van der Waals surface area (Å²) in [7, 11) is 0.648. The topological polar surface area (TPSA) is 99.2 Å². The summed E-state index contributed by atoms with van der Waals surface area (Å²) in [5, 5.41) is 0. The standard InChI is InChI=1S/C25H26F3N3O6S/c1-31-11-10-18(15-31)36-22-12-16(4-7-20(22)25(26,27)28)30-38(32,33)19-6-9-24(29-14-19)37-17-5-8-21(34-2)23(13-17)35-3/h4-9,12-14,18,30H,10-11,15H2,1-3H3/t18-/m1/s1. The Bertz CT molecular complexity index is 1380. The monoisotopic (exact) mass is 553 g/mol. The Labute approximate surface area is 218 Å². The first kappa shape index (κ1) is 27.3. The molecule has 2 heterocycles. The van der Waals surface area contributed by atoms with Gasteiger partial charge in [0.05, 0.1) is 31.7 Å². The molecule has 38 heavy (non-hydrogen) atoms. The van der Waals surface area contributed by atoms with Crippen LogP contribution in [0.4, 0.5) is 18.9 Å². The number of alkyl halides is 3. The first-order valence-electron chi connectivity index (χ1n) is 11.4. The number of nitrogens with zero attached hydrogens (tertiary/aromatic N) is 2. The molecule has 3 aromatic rings. The highest BCUT2D eigenvalue weighted by atomic mass is 32.2. The Morgan fingerprint density at radius 1 is 1.00 bits per heavy atom. The van der Waals surface area contributed by atoms with Crippen molar-refractivity contribution < 1.29 is 40.5 Å². The zero-order valence-corrected chi connectivity index (χ0v) is 21.6. The largest absolute Gasteiger partial charge is 0.493 e. The first-order valence-corrected chi connectivity index (χ1v) is 12.9. The number of likely N-dealkylation sites (tertiary alicyclic amines) is 1. The van der Waals surface area contributed by atoms with Crippen molar-refractivity contribution in [1.82, 2.24) is 9.88 Å². The summed E-state index contributed by atoms with van der Waals surface area (Å²) in [5.74, 6) is 1.01. The zero-order chi connectivity index (χ0) is 27.5. The summed E-state index contributed by atoms with van der Waals surface area (Å²) in [6.45, 7) is 1.16. The summed E-state index contributed by atoms with van der Waals surface area (Å²) in [6, 6.07) is 10.3. The maximum atomic E-state index is 13.5. The van der Waals surface area contributed by atoms with Gasteiger partial charge in [-0.05, 0) is 43.8 Å². The third-order valence-electron chi connectivity index (χ3n) is 5.78. The molecule has 1 atom stereocenters. The Hall–Kier alpha value is -3.71. The molecule has 0 unspecified atom stereocenters. The predicted octanol–water partition coefficient (Wildman–Crippen LogP) is 4.79. The van der Waals surface area contributed by atoms with Gasteiger partial charge in [-0.25, -0.2) is 13.4 Å². The molecule has 1 N–H and O–H groups in total. The molecule has 0 aliphatic carbocycles. The number of rotatable bonds is 9. The fraction of sp³-hybridized carbons (Fsp3) is 0.320. The van der Waals surface area contributed by atoms with Crippen LogP contribution in [0.1, 0.15) is 12.0 Å². The summed E-state index contributed by atoms with van der Waals surface area (Å²) >= 11 is 0. The summed E-state index contributed by atoms with van der Waals surface area (Å²) in [4.78, 5) is 5.76. The second-order valence-corrected chi connectivity index (χ2v) is 10.2. The fourth-order valence-corrected chi connectivity index (χ4v) is 4.88. The first-order chi connectivity index (χ1) is 18.0. The number of hydrogen-bond acceptors (Lipinski definition) is 8. The minimum absolute atomic E-state index is 0.0787. The third-order valence-corrected chi connectivity index (χ3v) is 7.14. The van der Waals surface area contributed by atoms with Crippen molar-refractivity contribution in [2.75, 3.05) is 39.1 Å². The van der Waals surface area contributed by atoms with Crippen molar-refractivity contribution in [1.29, 1.82) is 0 Å². The molecular formula is C25H26F3N3O6S. The molecular weight excluding hydrogens is 527 g/mol. The number of ether oxygens (including phenoxy) is 4. The Balaban J connectivity index is 1.51. The second-order valence-electron chi connectivity index (χ2n) is 8.56. The van der Waals surface area contributed by atoms with Crippen LogP contribution in [0.15, 0.2) is 59.6 Å². The molecule has 1 saturated heterocycles. The Morgan fingerprint density at radius 3 is 2.37 bits per heavy atom. The number of sulfonamides is 1. The lowest BCUT2D eigenvalue weighted by molar-refractivity contribution is -0.139. The number of likely N-dealkylation sites (N-methyl/N-ethyl adjacent to an activating group) is 1. The zero-order valence-electron chi connectivity index (χ0n) is 20.8. The maximum absolute atomic E-state index is 13.5. The molecule has 1 aliphatic rings. The molecule has 9 nitrogen and oxygen atoms in total. The predicted molar refractivity (Wildman–Crippen MR) is 133 cm³/mol. The van der Waals surface area contributed by atoms with Gasteiger partial charge in [-0.1, -0.05) is 0 Å². The van der Waals surface area contributed by atoms with E-state index in [1.165, 1.54) is 26.4 Å². The van der Waals surface area contributed by atoms with Crippen LogP contribution in [-0.4, -0.2) is 58.8 Å². The van der Waals surface area contributed by atoms with Gasteiger partial charge in [0.25, 0.3) is 10.0 Å². The number of pyridine rings is 1. The quantitative estimate of drug-likeness (QED) is 0.404.